The van der Waals surface area contributed by atoms with Gasteiger partial charge in [-0.2, -0.15) is 4.99 Å². The van der Waals surface area contributed by atoms with E-state index in [4.69, 9.17) is 0 Å². The lowest BCUT2D eigenvalue weighted by Gasteiger charge is -1.96. The van der Waals surface area contributed by atoms with Crippen LogP contribution in [0.2, 0.25) is 0 Å². The number of isocyanates is 1. The molecule has 0 aromatic heterocycles. The van der Waals surface area contributed by atoms with Crippen molar-refractivity contribution in [2.75, 3.05) is 0 Å². The van der Waals surface area contributed by atoms with Crippen molar-refractivity contribution in [1.29, 1.82) is 0 Å². The molecule has 0 bridgehead atoms. The fourth-order valence-electron chi connectivity index (χ4n) is 1.03. The lowest BCUT2D eigenvalue weighted by Crippen LogP contribution is -1.74. The van der Waals surface area contributed by atoms with E-state index in [0.717, 1.165) is 11.8 Å². The first-order chi connectivity index (χ1) is 6.88. The number of hydrogen-bond donors (Lipinski definition) is 0. The van der Waals surface area contributed by atoms with E-state index >= 15 is 0 Å². The van der Waals surface area contributed by atoms with Crippen molar-refractivity contribution in [3.63, 3.8) is 0 Å². The minimum absolute atomic E-state index is 0.360. The Labute approximate surface area is 81.8 Å². The summed E-state index contributed by atoms with van der Waals surface area (Å²) in [6.45, 7) is 0. The number of nitrogens with zero attached hydrogens (tertiary/aromatic N) is 1. The first-order valence-electron chi connectivity index (χ1n) is 4.15. The summed E-state index contributed by atoms with van der Waals surface area (Å²) in [5.74, 6) is 0. The molecule has 0 unspecified atom stereocenters. The van der Waals surface area contributed by atoms with E-state index < -0.39 is 0 Å². The molecule has 0 fully saturated rings. The topological polar surface area (TPSA) is 46.5 Å². The first kappa shape index (κ1) is 10.1. The molecule has 0 radical (unpaired) electrons. The highest BCUT2D eigenvalue weighted by molar-refractivity contribution is 5.67. The predicted octanol–water partition coefficient (Wildman–Crippen LogP) is 2.26. The number of hydrogen-bond acceptors (Lipinski definition) is 3. The number of allylic oxidation sites excluding steroid dienone is 1. The molecule has 0 aliphatic carbocycles. The first-order valence-corrected chi connectivity index (χ1v) is 4.15. The van der Waals surface area contributed by atoms with Crippen molar-refractivity contribution in [2.24, 2.45) is 4.99 Å². The number of benzene rings is 1. The van der Waals surface area contributed by atoms with E-state index in [1.54, 1.807) is 24.3 Å². The molecule has 1 aromatic rings. The Bertz CT molecular complexity index is 390. The summed E-state index contributed by atoms with van der Waals surface area (Å²) in [6.07, 6.45) is 6.12. The van der Waals surface area contributed by atoms with Gasteiger partial charge in [-0.3, -0.25) is 0 Å². The molecule has 1 rings (SSSR count). The minimum atomic E-state index is 0.360. The number of carbonyl (C=O) groups excluding carboxylic acids is 2. The summed E-state index contributed by atoms with van der Waals surface area (Å²) in [5, 5.41) is 0. The molecule has 0 spiro atoms. The van der Waals surface area contributed by atoms with Gasteiger partial charge in [0.15, 0.2) is 0 Å². The third-order valence-electron chi connectivity index (χ3n) is 1.63. The van der Waals surface area contributed by atoms with Gasteiger partial charge in [0.1, 0.15) is 6.29 Å². The highest BCUT2D eigenvalue weighted by Gasteiger charge is 1.94. The third kappa shape index (κ3) is 2.81. The zero-order chi connectivity index (χ0) is 10.2. The molecule has 0 heterocycles. The summed E-state index contributed by atoms with van der Waals surface area (Å²) >= 11 is 0. The predicted molar refractivity (Wildman–Crippen MR) is 53.9 cm³/mol. The molecule has 3 nitrogen and oxygen atoms in total. The minimum Gasteiger partial charge on any atom is -0.303 e. The van der Waals surface area contributed by atoms with Gasteiger partial charge >= 0.3 is 0 Å². The standard InChI is InChI=1S/C11H9NO2/c13-8-4-3-6-10-5-1-2-7-11(10)12-9-14/h1-3,5-8H,4H2. The lowest BCUT2D eigenvalue weighted by atomic mass is 10.1. The number of carbonyl (C=O) groups is 1. The molecule has 1 aromatic carbocycles. The van der Waals surface area contributed by atoms with E-state index in [0.29, 0.717) is 12.1 Å². The van der Waals surface area contributed by atoms with Crippen LogP contribution in [-0.4, -0.2) is 12.4 Å². The Morgan fingerprint density at radius 3 is 2.86 bits per heavy atom. The van der Waals surface area contributed by atoms with Crippen molar-refractivity contribution >= 4 is 24.1 Å². The van der Waals surface area contributed by atoms with Crippen LogP contribution in [0.1, 0.15) is 12.0 Å². The van der Waals surface area contributed by atoms with Gasteiger partial charge < -0.3 is 4.79 Å². The van der Waals surface area contributed by atoms with Crippen LogP contribution in [0, 0.1) is 0 Å². The van der Waals surface area contributed by atoms with Gasteiger partial charge in [-0.05, 0) is 6.07 Å². The summed E-state index contributed by atoms with van der Waals surface area (Å²) in [5.41, 5.74) is 1.36. The fourth-order valence-corrected chi connectivity index (χ4v) is 1.03. The van der Waals surface area contributed by atoms with E-state index in [1.807, 2.05) is 12.1 Å². The summed E-state index contributed by atoms with van der Waals surface area (Å²) in [4.78, 5) is 23.7. The molecular formula is C11H9NO2. The van der Waals surface area contributed by atoms with Crippen molar-refractivity contribution in [3.8, 4) is 0 Å². The second kappa shape index (κ2) is 5.62. The van der Waals surface area contributed by atoms with Crippen LogP contribution < -0.4 is 0 Å². The number of aliphatic imine (C=N–C) groups is 1. The van der Waals surface area contributed by atoms with Gasteiger partial charge in [0, 0.05) is 12.0 Å². The maximum atomic E-state index is 10.1. The van der Waals surface area contributed by atoms with Crippen LogP contribution in [0.4, 0.5) is 5.69 Å². The van der Waals surface area contributed by atoms with Crippen molar-refractivity contribution < 1.29 is 9.59 Å². The van der Waals surface area contributed by atoms with Gasteiger partial charge in [0.25, 0.3) is 0 Å². The Hall–Kier alpha value is -1.99. The van der Waals surface area contributed by atoms with Crippen LogP contribution in [0.3, 0.4) is 0 Å². The SMILES string of the molecule is O=C=Nc1ccccc1C=CCC=O. The second-order valence-corrected chi connectivity index (χ2v) is 2.57. The van der Waals surface area contributed by atoms with Crippen LogP contribution >= 0.6 is 0 Å². The molecule has 0 aliphatic rings. The van der Waals surface area contributed by atoms with Crippen molar-refractivity contribution in [2.45, 2.75) is 6.42 Å². The average molecular weight is 187 g/mol. The monoisotopic (exact) mass is 187 g/mol. The summed E-state index contributed by atoms with van der Waals surface area (Å²) in [6, 6.07) is 7.15. The molecule has 0 aliphatic heterocycles. The Morgan fingerprint density at radius 1 is 1.36 bits per heavy atom. The van der Waals surface area contributed by atoms with Crippen LogP contribution in [0.15, 0.2) is 35.3 Å². The number of para-hydroxylation sites is 1. The largest absolute Gasteiger partial charge is 0.303 e. The van der Waals surface area contributed by atoms with Crippen LogP contribution in [0.5, 0.6) is 0 Å². The van der Waals surface area contributed by atoms with Crippen molar-refractivity contribution in [1.82, 2.24) is 0 Å². The third-order valence-corrected chi connectivity index (χ3v) is 1.63. The highest BCUT2D eigenvalue weighted by Crippen LogP contribution is 2.19. The molecule has 0 atom stereocenters. The maximum absolute atomic E-state index is 10.1. The van der Waals surface area contributed by atoms with Gasteiger partial charge in [-0.25, -0.2) is 4.79 Å². The molecule has 3 heteroatoms. The fraction of sp³-hybridized carbons (Fsp3) is 0.0909. The molecule has 0 amide bonds. The smallest absolute Gasteiger partial charge is 0.240 e. The van der Waals surface area contributed by atoms with E-state index in [2.05, 4.69) is 4.99 Å². The molecule has 0 saturated carbocycles. The Kier molecular flexibility index (Phi) is 4.05. The Morgan fingerprint density at radius 2 is 2.14 bits per heavy atom. The summed E-state index contributed by atoms with van der Waals surface area (Å²) < 4.78 is 0. The second-order valence-electron chi connectivity index (χ2n) is 2.57. The van der Waals surface area contributed by atoms with Gasteiger partial charge in [0.2, 0.25) is 6.08 Å². The van der Waals surface area contributed by atoms with E-state index in [-0.39, 0.29) is 0 Å². The van der Waals surface area contributed by atoms with Crippen LogP contribution in [0.25, 0.3) is 6.08 Å². The number of aldehydes is 1. The highest BCUT2D eigenvalue weighted by atomic mass is 16.1. The zero-order valence-electron chi connectivity index (χ0n) is 7.51. The summed E-state index contributed by atoms with van der Waals surface area (Å²) in [7, 11) is 0. The van der Waals surface area contributed by atoms with Gasteiger partial charge in [-0.15, -0.1) is 0 Å². The van der Waals surface area contributed by atoms with E-state index in [1.165, 1.54) is 6.08 Å². The molecular weight excluding hydrogens is 178 g/mol. The quantitative estimate of drug-likeness (QED) is 0.412. The lowest BCUT2D eigenvalue weighted by molar-refractivity contribution is -0.107. The molecule has 0 N–H and O–H groups in total. The van der Waals surface area contributed by atoms with Gasteiger partial charge in [-0.1, -0.05) is 30.4 Å². The molecule has 70 valence electrons. The number of rotatable bonds is 4. The zero-order valence-corrected chi connectivity index (χ0v) is 7.51. The molecule has 0 saturated heterocycles. The Balaban J connectivity index is 2.94. The van der Waals surface area contributed by atoms with Gasteiger partial charge in [0.05, 0.1) is 5.69 Å². The normalized spacial score (nSPS) is 9.71. The van der Waals surface area contributed by atoms with E-state index in [9.17, 15) is 9.59 Å². The average Bonchev–Trinajstić information content (AvgIpc) is 2.21. The molecule has 14 heavy (non-hydrogen) atoms. The maximum Gasteiger partial charge on any atom is 0.240 e. The van der Waals surface area contributed by atoms with Crippen molar-refractivity contribution in [3.05, 3.63) is 35.9 Å². The van der Waals surface area contributed by atoms with Crippen LogP contribution in [-0.2, 0) is 9.59 Å².